The minimum absolute atomic E-state index is 0.236. The van der Waals surface area contributed by atoms with Gasteiger partial charge in [-0.2, -0.15) is 11.8 Å². The van der Waals surface area contributed by atoms with Gasteiger partial charge in [0.2, 0.25) is 5.91 Å². The van der Waals surface area contributed by atoms with Crippen LogP contribution in [0.2, 0.25) is 0 Å². The van der Waals surface area contributed by atoms with Crippen LogP contribution in [0.25, 0.3) is 0 Å². The predicted molar refractivity (Wildman–Crippen MR) is 72.2 cm³/mol. The van der Waals surface area contributed by atoms with Crippen molar-refractivity contribution in [2.75, 3.05) is 44.2 Å². The van der Waals surface area contributed by atoms with Crippen LogP contribution >= 0.6 is 11.8 Å². The van der Waals surface area contributed by atoms with E-state index in [1.54, 1.807) is 0 Å². The smallest absolute Gasteiger partial charge is 0.223 e. The van der Waals surface area contributed by atoms with Crippen molar-refractivity contribution >= 4 is 17.7 Å². The van der Waals surface area contributed by atoms with Crippen LogP contribution < -0.4 is 5.73 Å². The van der Waals surface area contributed by atoms with Gasteiger partial charge in [-0.3, -0.25) is 9.69 Å². The van der Waals surface area contributed by atoms with Gasteiger partial charge in [0, 0.05) is 56.7 Å². The fourth-order valence-electron chi connectivity index (χ4n) is 2.70. The molecule has 2 N–H and O–H groups in total. The highest BCUT2D eigenvalue weighted by Gasteiger charge is 2.27. The molecule has 4 nitrogen and oxygen atoms in total. The molecule has 98 valence electrons. The van der Waals surface area contributed by atoms with E-state index in [4.69, 9.17) is 5.73 Å². The Labute approximate surface area is 108 Å². The minimum atomic E-state index is 0.236. The third-order valence-corrected chi connectivity index (χ3v) is 4.68. The Bertz CT molecular complexity index is 248. The molecule has 0 spiro atoms. The summed E-state index contributed by atoms with van der Waals surface area (Å²) in [6.07, 6.45) is 2.78. The van der Waals surface area contributed by atoms with Crippen LogP contribution in [0.3, 0.4) is 0 Å². The number of hydrogen-bond acceptors (Lipinski definition) is 4. The van der Waals surface area contributed by atoms with Gasteiger partial charge < -0.3 is 10.6 Å². The summed E-state index contributed by atoms with van der Waals surface area (Å²) in [5.74, 6) is 2.78. The van der Waals surface area contributed by atoms with Crippen LogP contribution in [-0.2, 0) is 4.79 Å². The van der Waals surface area contributed by atoms with E-state index < -0.39 is 0 Å². The quantitative estimate of drug-likeness (QED) is 0.794. The summed E-state index contributed by atoms with van der Waals surface area (Å²) in [4.78, 5) is 16.3. The van der Waals surface area contributed by atoms with E-state index in [1.807, 2.05) is 4.90 Å². The van der Waals surface area contributed by atoms with Crippen LogP contribution in [0.1, 0.15) is 19.3 Å². The number of nitrogens with two attached hydrogens (primary N) is 1. The van der Waals surface area contributed by atoms with Crippen molar-refractivity contribution in [1.29, 1.82) is 0 Å². The summed E-state index contributed by atoms with van der Waals surface area (Å²) in [7, 11) is 0. The Kier molecular flexibility index (Phi) is 5.13. The van der Waals surface area contributed by atoms with Crippen molar-refractivity contribution in [3.8, 4) is 0 Å². The molecule has 0 saturated carbocycles. The maximum atomic E-state index is 11.7. The van der Waals surface area contributed by atoms with Crippen LogP contribution in [-0.4, -0.2) is 66.0 Å². The molecule has 0 aromatic heterocycles. The number of amides is 1. The predicted octanol–water partition coefficient (Wildman–Crippen LogP) is 0.375. The topological polar surface area (TPSA) is 49.6 Å². The van der Waals surface area contributed by atoms with E-state index in [1.165, 1.54) is 24.6 Å². The molecule has 2 fully saturated rings. The first kappa shape index (κ1) is 13.2. The van der Waals surface area contributed by atoms with Crippen molar-refractivity contribution in [1.82, 2.24) is 9.80 Å². The summed E-state index contributed by atoms with van der Waals surface area (Å²) < 4.78 is 0. The first-order chi connectivity index (χ1) is 8.31. The Hall–Kier alpha value is -0.260. The van der Waals surface area contributed by atoms with Gasteiger partial charge in [-0.25, -0.2) is 0 Å². The van der Waals surface area contributed by atoms with Crippen molar-refractivity contribution in [3.63, 3.8) is 0 Å². The highest BCUT2D eigenvalue weighted by molar-refractivity contribution is 7.99. The zero-order chi connectivity index (χ0) is 12.1. The largest absolute Gasteiger partial charge is 0.343 e. The van der Waals surface area contributed by atoms with Crippen LogP contribution in [0, 0.1) is 0 Å². The van der Waals surface area contributed by atoms with E-state index in [2.05, 4.69) is 16.7 Å². The zero-order valence-corrected chi connectivity index (χ0v) is 11.3. The molecule has 1 amide bonds. The number of piperidine rings is 1. The normalized spacial score (nSPS) is 23.9. The Balaban J connectivity index is 1.75. The molecule has 2 saturated heterocycles. The molecule has 0 aromatic carbocycles. The van der Waals surface area contributed by atoms with Gasteiger partial charge in [0.1, 0.15) is 0 Å². The lowest BCUT2D eigenvalue weighted by Crippen LogP contribution is -2.49. The Morgan fingerprint density at radius 2 is 1.82 bits per heavy atom. The van der Waals surface area contributed by atoms with Gasteiger partial charge in [-0.1, -0.05) is 0 Å². The minimum Gasteiger partial charge on any atom is -0.343 e. The number of carbonyl (C=O) groups is 1. The fourth-order valence-corrected chi connectivity index (χ4v) is 3.64. The second-order valence-electron chi connectivity index (χ2n) is 4.80. The first-order valence-corrected chi connectivity index (χ1v) is 7.76. The van der Waals surface area contributed by atoms with Crippen molar-refractivity contribution in [3.05, 3.63) is 0 Å². The van der Waals surface area contributed by atoms with Crippen molar-refractivity contribution in [2.45, 2.75) is 25.3 Å². The lowest BCUT2D eigenvalue weighted by molar-refractivity contribution is -0.132. The monoisotopic (exact) mass is 257 g/mol. The van der Waals surface area contributed by atoms with Crippen LogP contribution in [0.5, 0.6) is 0 Å². The second kappa shape index (κ2) is 6.61. The highest BCUT2D eigenvalue weighted by atomic mass is 32.2. The molecule has 2 rings (SSSR count). The summed E-state index contributed by atoms with van der Waals surface area (Å²) in [6, 6.07) is 0.706. The average Bonchev–Trinajstić information content (AvgIpc) is 2.40. The van der Waals surface area contributed by atoms with Gasteiger partial charge >= 0.3 is 0 Å². The molecule has 0 radical (unpaired) electrons. The molecule has 0 unspecified atom stereocenters. The van der Waals surface area contributed by atoms with Crippen molar-refractivity contribution < 1.29 is 4.79 Å². The maximum absolute atomic E-state index is 11.7. The molecule has 17 heavy (non-hydrogen) atoms. The molecule has 0 aromatic rings. The number of nitrogens with zero attached hydrogens (tertiary/aromatic N) is 2. The lowest BCUT2D eigenvalue weighted by atomic mass is 10.0. The zero-order valence-electron chi connectivity index (χ0n) is 10.4. The molecule has 5 heteroatoms. The van der Waals surface area contributed by atoms with E-state index in [0.717, 1.165) is 25.9 Å². The van der Waals surface area contributed by atoms with Crippen LogP contribution in [0.15, 0.2) is 0 Å². The average molecular weight is 257 g/mol. The number of hydrogen-bond donors (Lipinski definition) is 1. The highest BCUT2D eigenvalue weighted by Crippen LogP contribution is 2.20. The third kappa shape index (κ3) is 3.60. The summed E-state index contributed by atoms with van der Waals surface area (Å²) in [6.45, 7) is 4.78. The second-order valence-corrected chi connectivity index (χ2v) is 6.02. The molecule has 2 heterocycles. The number of carbonyl (C=O) groups excluding carboxylic acids is 1. The number of thioether (sulfide) groups is 1. The SMILES string of the molecule is NCCC(=O)N1CCC(N2CCSCC2)CC1. The molecule has 2 aliphatic heterocycles. The molecule has 2 aliphatic rings. The van der Waals surface area contributed by atoms with Gasteiger partial charge in [0.05, 0.1) is 0 Å². The summed E-state index contributed by atoms with van der Waals surface area (Å²) >= 11 is 2.05. The van der Waals surface area contributed by atoms with E-state index >= 15 is 0 Å². The maximum Gasteiger partial charge on any atom is 0.223 e. The fraction of sp³-hybridized carbons (Fsp3) is 0.917. The van der Waals surface area contributed by atoms with Gasteiger partial charge in [0.15, 0.2) is 0 Å². The van der Waals surface area contributed by atoms with E-state index in [0.29, 0.717) is 19.0 Å². The molecule has 0 bridgehead atoms. The first-order valence-electron chi connectivity index (χ1n) is 6.61. The van der Waals surface area contributed by atoms with Gasteiger partial charge in [-0.15, -0.1) is 0 Å². The molecular formula is C12H23N3OS. The number of rotatable bonds is 3. The van der Waals surface area contributed by atoms with E-state index in [-0.39, 0.29) is 5.91 Å². The summed E-state index contributed by atoms with van der Waals surface area (Å²) in [5.41, 5.74) is 5.42. The summed E-state index contributed by atoms with van der Waals surface area (Å²) in [5, 5.41) is 0. The molecule has 0 aliphatic carbocycles. The van der Waals surface area contributed by atoms with E-state index in [9.17, 15) is 4.79 Å². The van der Waals surface area contributed by atoms with Gasteiger partial charge in [-0.05, 0) is 12.8 Å². The Morgan fingerprint density at radius 3 is 2.41 bits per heavy atom. The van der Waals surface area contributed by atoms with Gasteiger partial charge in [0.25, 0.3) is 0 Å². The lowest BCUT2D eigenvalue weighted by Gasteiger charge is -2.40. The number of likely N-dealkylation sites (tertiary alicyclic amines) is 1. The van der Waals surface area contributed by atoms with Crippen molar-refractivity contribution in [2.24, 2.45) is 5.73 Å². The standard InChI is InChI=1S/C12H23N3OS/c13-4-1-12(16)15-5-2-11(3-6-15)14-7-9-17-10-8-14/h11H,1-10,13H2. The Morgan fingerprint density at radius 1 is 1.18 bits per heavy atom. The molecule has 0 atom stereocenters. The third-order valence-electron chi connectivity index (χ3n) is 3.74. The van der Waals surface area contributed by atoms with Crippen LogP contribution in [0.4, 0.5) is 0 Å². The molecular weight excluding hydrogens is 234 g/mol.